The minimum atomic E-state index is -0.377. The number of amides is 1. The Kier molecular flexibility index (Phi) is 6.34. The Labute approximate surface area is 184 Å². The highest BCUT2D eigenvalue weighted by Gasteiger charge is 2.20. The third kappa shape index (κ3) is 5.31. The topological polar surface area (TPSA) is 105 Å². The van der Waals surface area contributed by atoms with E-state index in [-0.39, 0.29) is 17.6 Å². The SMILES string of the molecule is Cc1cc(C(=O)N[C@H](C)c2cc(Nc3ccc(Cl)cc3)nc(N3CCOCC3)n2)no1. The van der Waals surface area contributed by atoms with E-state index in [0.717, 1.165) is 5.69 Å². The summed E-state index contributed by atoms with van der Waals surface area (Å²) in [6.07, 6.45) is 0. The first kappa shape index (κ1) is 21.1. The van der Waals surface area contributed by atoms with Crippen LogP contribution in [0.2, 0.25) is 5.02 Å². The molecule has 0 unspecified atom stereocenters. The summed E-state index contributed by atoms with van der Waals surface area (Å²) >= 11 is 5.98. The zero-order valence-electron chi connectivity index (χ0n) is 17.3. The summed E-state index contributed by atoms with van der Waals surface area (Å²) in [6, 6.07) is 10.4. The minimum absolute atomic E-state index is 0.228. The lowest BCUT2D eigenvalue weighted by Gasteiger charge is -2.28. The number of nitrogens with zero attached hydrogens (tertiary/aromatic N) is 4. The van der Waals surface area contributed by atoms with E-state index in [2.05, 4.69) is 25.7 Å². The van der Waals surface area contributed by atoms with Crippen LogP contribution < -0.4 is 15.5 Å². The smallest absolute Gasteiger partial charge is 0.273 e. The average Bonchev–Trinajstić information content (AvgIpc) is 3.22. The average molecular weight is 443 g/mol. The number of anilines is 3. The van der Waals surface area contributed by atoms with Crippen molar-refractivity contribution in [3.05, 3.63) is 58.6 Å². The van der Waals surface area contributed by atoms with Crippen LogP contribution in [0.15, 0.2) is 40.9 Å². The summed E-state index contributed by atoms with van der Waals surface area (Å²) in [7, 11) is 0. The molecule has 1 aliphatic heterocycles. The van der Waals surface area contributed by atoms with Crippen molar-refractivity contribution in [3.63, 3.8) is 0 Å². The lowest BCUT2D eigenvalue weighted by molar-refractivity contribution is 0.0930. The summed E-state index contributed by atoms with van der Waals surface area (Å²) in [4.78, 5) is 23.9. The maximum atomic E-state index is 12.5. The molecule has 9 nitrogen and oxygen atoms in total. The number of nitrogens with one attached hydrogen (secondary N) is 2. The van der Waals surface area contributed by atoms with E-state index in [4.69, 9.17) is 25.8 Å². The van der Waals surface area contributed by atoms with Gasteiger partial charge in [0.2, 0.25) is 5.95 Å². The molecule has 1 saturated heterocycles. The Hall–Kier alpha value is -3.17. The number of hydrogen-bond acceptors (Lipinski definition) is 8. The van der Waals surface area contributed by atoms with Crippen LogP contribution in [0.5, 0.6) is 0 Å². The highest BCUT2D eigenvalue weighted by molar-refractivity contribution is 6.30. The van der Waals surface area contributed by atoms with Gasteiger partial charge in [-0.05, 0) is 38.1 Å². The van der Waals surface area contributed by atoms with Crippen LogP contribution in [-0.2, 0) is 4.74 Å². The van der Waals surface area contributed by atoms with Gasteiger partial charge in [-0.15, -0.1) is 0 Å². The summed E-state index contributed by atoms with van der Waals surface area (Å²) < 4.78 is 10.4. The molecule has 1 aromatic carbocycles. The van der Waals surface area contributed by atoms with E-state index in [0.29, 0.717) is 54.5 Å². The summed E-state index contributed by atoms with van der Waals surface area (Å²) in [5, 5.41) is 10.6. The van der Waals surface area contributed by atoms with Gasteiger partial charge in [-0.2, -0.15) is 4.98 Å². The molecule has 0 saturated carbocycles. The Bertz CT molecular complexity index is 1050. The molecule has 162 valence electrons. The molecule has 10 heteroatoms. The molecule has 2 aromatic heterocycles. The minimum Gasteiger partial charge on any atom is -0.378 e. The lowest BCUT2D eigenvalue weighted by Crippen LogP contribution is -2.38. The first-order chi connectivity index (χ1) is 15.0. The van der Waals surface area contributed by atoms with Crippen molar-refractivity contribution in [2.75, 3.05) is 36.5 Å². The van der Waals surface area contributed by atoms with E-state index in [9.17, 15) is 4.79 Å². The van der Waals surface area contributed by atoms with Gasteiger partial charge < -0.3 is 24.8 Å². The zero-order valence-corrected chi connectivity index (χ0v) is 18.0. The van der Waals surface area contributed by atoms with Crippen molar-refractivity contribution in [2.24, 2.45) is 0 Å². The molecule has 3 aromatic rings. The normalized spacial score (nSPS) is 14.9. The van der Waals surface area contributed by atoms with Crippen LogP contribution in [0, 0.1) is 6.92 Å². The predicted octanol–water partition coefficient (Wildman–Crippen LogP) is 3.50. The number of benzene rings is 1. The molecule has 2 N–H and O–H groups in total. The molecule has 1 amide bonds. The van der Waals surface area contributed by atoms with Crippen LogP contribution in [-0.4, -0.2) is 47.3 Å². The van der Waals surface area contributed by atoms with E-state index in [1.165, 1.54) is 0 Å². The fraction of sp³-hybridized carbons (Fsp3) is 0.333. The highest BCUT2D eigenvalue weighted by atomic mass is 35.5. The maximum Gasteiger partial charge on any atom is 0.273 e. The number of carbonyl (C=O) groups excluding carboxylic acids is 1. The number of hydrogen-bond donors (Lipinski definition) is 2. The van der Waals surface area contributed by atoms with Gasteiger partial charge >= 0.3 is 0 Å². The van der Waals surface area contributed by atoms with Gasteiger partial charge in [0.1, 0.15) is 11.6 Å². The molecular formula is C21H23ClN6O3. The molecule has 0 spiro atoms. The van der Waals surface area contributed by atoms with Crippen molar-refractivity contribution in [1.82, 2.24) is 20.4 Å². The fourth-order valence-corrected chi connectivity index (χ4v) is 3.27. The maximum absolute atomic E-state index is 12.5. The van der Waals surface area contributed by atoms with E-state index in [1.54, 1.807) is 25.1 Å². The van der Waals surface area contributed by atoms with Crippen LogP contribution in [0.3, 0.4) is 0 Å². The van der Waals surface area contributed by atoms with Crippen molar-refractivity contribution >= 4 is 35.0 Å². The lowest BCUT2D eigenvalue weighted by atomic mass is 10.2. The summed E-state index contributed by atoms with van der Waals surface area (Å²) in [5.74, 6) is 1.44. The largest absolute Gasteiger partial charge is 0.378 e. The number of aryl methyl sites for hydroxylation is 1. The Morgan fingerprint density at radius 3 is 2.58 bits per heavy atom. The Balaban J connectivity index is 1.59. The van der Waals surface area contributed by atoms with E-state index < -0.39 is 0 Å². The van der Waals surface area contributed by atoms with E-state index in [1.807, 2.05) is 25.1 Å². The van der Waals surface area contributed by atoms with Crippen LogP contribution in [0.4, 0.5) is 17.5 Å². The van der Waals surface area contributed by atoms with Crippen LogP contribution in [0.25, 0.3) is 0 Å². The molecule has 4 rings (SSSR count). The number of carbonyl (C=O) groups is 1. The number of morpholine rings is 1. The fourth-order valence-electron chi connectivity index (χ4n) is 3.14. The second-order valence-corrected chi connectivity index (χ2v) is 7.66. The van der Waals surface area contributed by atoms with Crippen molar-refractivity contribution < 1.29 is 14.1 Å². The van der Waals surface area contributed by atoms with Gasteiger partial charge in [0.05, 0.1) is 24.9 Å². The quantitative estimate of drug-likeness (QED) is 0.597. The van der Waals surface area contributed by atoms with Crippen molar-refractivity contribution in [3.8, 4) is 0 Å². The van der Waals surface area contributed by atoms with Crippen LogP contribution in [0.1, 0.15) is 34.9 Å². The molecule has 0 radical (unpaired) electrons. The van der Waals surface area contributed by atoms with Gasteiger partial charge in [-0.3, -0.25) is 4.79 Å². The molecule has 31 heavy (non-hydrogen) atoms. The molecule has 0 bridgehead atoms. The molecule has 0 aliphatic carbocycles. The molecule has 1 atom stereocenters. The first-order valence-electron chi connectivity index (χ1n) is 9.96. The molecule has 3 heterocycles. The third-order valence-corrected chi connectivity index (χ3v) is 5.05. The van der Waals surface area contributed by atoms with Gasteiger partial charge in [-0.1, -0.05) is 16.8 Å². The van der Waals surface area contributed by atoms with Gasteiger partial charge in [0.25, 0.3) is 5.91 Å². The molecule has 1 fully saturated rings. The highest BCUT2D eigenvalue weighted by Crippen LogP contribution is 2.23. The second-order valence-electron chi connectivity index (χ2n) is 7.23. The number of aromatic nitrogens is 3. The third-order valence-electron chi connectivity index (χ3n) is 4.80. The van der Waals surface area contributed by atoms with Gasteiger partial charge in [0.15, 0.2) is 5.69 Å². The first-order valence-corrected chi connectivity index (χ1v) is 10.3. The van der Waals surface area contributed by atoms with Crippen molar-refractivity contribution in [2.45, 2.75) is 19.9 Å². The van der Waals surface area contributed by atoms with Crippen molar-refractivity contribution in [1.29, 1.82) is 0 Å². The zero-order chi connectivity index (χ0) is 21.8. The Morgan fingerprint density at radius 1 is 1.16 bits per heavy atom. The Morgan fingerprint density at radius 2 is 1.90 bits per heavy atom. The van der Waals surface area contributed by atoms with Gasteiger partial charge in [-0.25, -0.2) is 4.98 Å². The summed E-state index contributed by atoms with van der Waals surface area (Å²) in [6.45, 7) is 6.23. The van der Waals surface area contributed by atoms with Crippen LogP contribution >= 0.6 is 11.6 Å². The summed E-state index contributed by atoms with van der Waals surface area (Å²) in [5.41, 5.74) is 1.74. The second kappa shape index (κ2) is 9.32. The number of halogens is 1. The number of ether oxygens (including phenoxy) is 1. The standard InChI is InChI=1S/C21H23ClN6O3/c1-13-11-18(27-31-13)20(29)23-14(2)17-12-19(24-16-5-3-15(22)4-6-16)26-21(25-17)28-7-9-30-10-8-28/h3-6,11-12,14H,7-10H2,1-2H3,(H,23,29)(H,24,25,26)/t14-/m1/s1. The monoisotopic (exact) mass is 442 g/mol. The number of rotatable bonds is 6. The molecular weight excluding hydrogens is 420 g/mol. The van der Waals surface area contributed by atoms with E-state index >= 15 is 0 Å². The predicted molar refractivity (Wildman–Crippen MR) is 117 cm³/mol. The van der Waals surface area contributed by atoms with Gasteiger partial charge in [0, 0.05) is 35.9 Å². The molecule has 1 aliphatic rings.